The van der Waals surface area contributed by atoms with Crippen molar-refractivity contribution in [3.8, 4) is 0 Å². The number of nitrogens with two attached hydrogens (primary N) is 1. The number of amidine groups is 1. The molecule has 0 atom stereocenters. The van der Waals surface area contributed by atoms with E-state index in [0.29, 0.717) is 16.6 Å². The van der Waals surface area contributed by atoms with Crippen molar-refractivity contribution >= 4 is 23.1 Å². The Morgan fingerprint density at radius 2 is 2.18 bits per heavy atom. The lowest BCUT2D eigenvalue weighted by atomic mass is 10.1. The largest absolute Gasteiger partial charge is 0.409 e. The number of halogens is 1. The molecule has 0 aliphatic heterocycles. The molecule has 3 N–H and O–H groups in total. The van der Waals surface area contributed by atoms with Crippen LogP contribution in [0.1, 0.15) is 26.3 Å². The summed E-state index contributed by atoms with van der Waals surface area (Å²) < 4.78 is 0. The molecule has 0 amide bonds. The van der Waals surface area contributed by atoms with Crippen LogP contribution in [0.15, 0.2) is 23.4 Å². The second-order valence-electron chi connectivity index (χ2n) is 4.03. The molecule has 0 saturated carbocycles. The van der Waals surface area contributed by atoms with Gasteiger partial charge in [-0.15, -0.1) is 0 Å². The number of hydrogen-bond donors (Lipinski definition) is 2. The summed E-state index contributed by atoms with van der Waals surface area (Å²) >= 11 is 6.21. The highest BCUT2D eigenvalue weighted by Crippen LogP contribution is 2.28. The lowest BCUT2D eigenvalue weighted by molar-refractivity contribution is 0.318. The quantitative estimate of drug-likeness (QED) is 0.376. The Labute approximate surface area is 107 Å². The van der Waals surface area contributed by atoms with E-state index in [9.17, 15) is 0 Å². The third-order valence-corrected chi connectivity index (χ3v) is 2.93. The fourth-order valence-electron chi connectivity index (χ4n) is 1.77. The van der Waals surface area contributed by atoms with E-state index >= 15 is 0 Å². The normalized spacial score (nSPS) is 11.9. The third kappa shape index (κ3) is 3.03. The summed E-state index contributed by atoms with van der Waals surface area (Å²) in [4.78, 5) is 2.18. The maximum atomic E-state index is 8.60. The van der Waals surface area contributed by atoms with E-state index in [4.69, 9.17) is 22.5 Å². The summed E-state index contributed by atoms with van der Waals surface area (Å²) in [5.74, 6) is 0.0612. The Balaban J connectivity index is 3.13. The van der Waals surface area contributed by atoms with Gasteiger partial charge in [0, 0.05) is 18.2 Å². The lowest BCUT2D eigenvalue weighted by Gasteiger charge is -2.28. The molecule has 0 unspecified atom stereocenters. The summed E-state index contributed by atoms with van der Waals surface area (Å²) in [5.41, 5.74) is 7.08. The second-order valence-corrected chi connectivity index (χ2v) is 4.44. The fourth-order valence-corrected chi connectivity index (χ4v) is 2.06. The summed E-state index contributed by atoms with van der Waals surface area (Å²) in [7, 11) is 0. The summed E-state index contributed by atoms with van der Waals surface area (Å²) in [5, 5.41) is 12.2. The maximum Gasteiger partial charge on any atom is 0.170 e. The first kappa shape index (κ1) is 13.6. The molecule has 0 heterocycles. The molecule has 94 valence electrons. The molecule has 0 radical (unpaired) electrons. The molecule has 0 fully saturated rings. The highest BCUT2D eigenvalue weighted by molar-refractivity contribution is 6.33. The Hall–Kier alpha value is -1.42. The van der Waals surface area contributed by atoms with Crippen LogP contribution >= 0.6 is 11.6 Å². The van der Waals surface area contributed by atoms with Crippen molar-refractivity contribution < 1.29 is 5.21 Å². The van der Waals surface area contributed by atoms with Crippen LogP contribution in [0.3, 0.4) is 0 Å². The van der Waals surface area contributed by atoms with E-state index in [-0.39, 0.29) is 5.84 Å². The summed E-state index contributed by atoms with van der Waals surface area (Å²) in [6.45, 7) is 7.17. The van der Waals surface area contributed by atoms with Gasteiger partial charge in [-0.2, -0.15) is 0 Å². The molecular formula is C12H18ClN3O. The minimum absolute atomic E-state index is 0.0612. The maximum absolute atomic E-state index is 8.60. The van der Waals surface area contributed by atoms with Crippen LogP contribution in [-0.2, 0) is 0 Å². The van der Waals surface area contributed by atoms with Crippen LogP contribution in [-0.4, -0.2) is 23.6 Å². The van der Waals surface area contributed by atoms with Crippen LogP contribution in [0.5, 0.6) is 0 Å². The van der Waals surface area contributed by atoms with Gasteiger partial charge < -0.3 is 15.8 Å². The first-order valence-corrected chi connectivity index (χ1v) is 5.93. The Morgan fingerprint density at radius 1 is 1.53 bits per heavy atom. The first-order chi connectivity index (χ1) is 8.01. The van der Waals surface area contributed by atoms with E-state index in [0.717, 1.165) is 12.2 Å². The number of hydrogen-bond acceptors (Lipinski definition) is 3. The molecule has 0 saturated heterocycles. The van der Waals surface area contributed by atoms with Crippen molar-refractivity contribution in [2.75, 3.05) is 11.4 Å². The van der Waals surface area contributed by atoms with Crippen molar-refractivity contribution in [1.82, 2.24) is 0 Å². The molecule has 0 bridgehead atoms. The number of oxime groups is 1. The molecular weight excluding hydrogens is 238 g/mol. The van der Waals surface area contributed by atoms with E-state index in [1.807, 2.05) is 6.07 Å². The minimum atomic E-state index is 0.0612. The Morgan fingerprint density at radius 3 is 2.59 bits per heavy atom. The standard InChI is InChI=1S/C12H18ClN3O/c1-4-16(8(2)3)11-6-5-9(7-10(11)13)12(14)15-17/h5-8,17H,4H2,1-3H3,(H2,14,15). The monoisotopic (exact) mass is 255 g/mol. The van der Waals surface area contributed by atoms with Gasteiger partial charge in [0.05, 0.1) is 10.7 Å². The zero-order valence-corrected chi connectivity index (χ0v) is 11.1. The molecule has 1 aromatic rings. The van der Waals surface area contributed by atoms with Crippen LogP contribution in [0.4, 0.5) is 5.69 Å². The topological polar surface area (TPSA) is 61.8 Å². The van der Waals surface area contributed by atoms with Crippen molar-refractivity contribution in [3.05, 3.63) is 28.8 Å². The zero-order valence-electron chi connectivity index (χ0n) is 10.3. The van der Waals surface area contributed by atoms with Gasteiger partial charge in [0.1, 0.15) is 0 Å². The van der Waals surface area contributed by atoms with E-state index in [1.165, 1.54) is 0 Å². The molecule has 0 aliphatic carbocycles. The Bertz CT molecular complexity index is 418. The van der Waals surface area contributed by atoms with Crippen LogP contribution in [0.25, 0.3) is 0 Å². The van der Waals surface area contributed by atoms with Crippen molar-refractivity contribution in [3.63, 3.8) is 0 Å². The van der Waals surface area contributed by atoms with Crippen molar-refractivity contribution in [2.24, 2.45) is 10.9 Å². The molecule has 5 heteroatoms. The SMILES string of the molecule is CCN(c1ccc(C(N)=NO)cc1Cl)C(C)C. The predicted molar refractivity (Wildman–Crippen MR) is 72.1 cm³/mol. The van der Waals surface area contributed by atoms with Crippen molar-refractivity contribution in [1.29, 1.82) is 0 Å². The highest BCUT2D eigenvalue weighted by Gasteiger charge is 2.13. The van der Waals surface area contributed by atoms with Gasteiger partial charge in [0.15, 0.2) is 5.84 Å². The number of rotatable bonds is 4. The lowest BCUT2D eigenvalue weighted by Crippen LogP contribution is -2.30. The third-order valence-electron chi connectivity index (χ3n) is 2.62. The first-order valence-electron chi connectivity index (χ1n) is 5.55. The number of anilines is 1. The smallest absolute Gasteiger partial charge is 0.170 e. The van der Waals surface area contributed by atoms with Gasteiger partial charge >= 0.3 is 0 Å². The van der Waals surface area contributed by atoms with Crippen molar-refractivity contribution in [2.45, 2.75) is 26.8 Å². The molecule has 0 spiro atoms. The number of nitrogens with zero attached hydrogens (tertiary/aromatic N) is 2. The average Bonchev–Trinajstić information content (AvgIpc) is 2.30. The molecule has 0 aromatic heterocycles. The second kappa shape index (κ2) is 5.77. The molecule has 17 heavy (non-hydrogen) atoms. The predicted octanol–water partition coefficient (Wildman–Crippen LogP) is 2.67. The van der Waals surface area contributed by atoms with Gasteiger partial charge in [-0.3, -0.25) is 0 Å². The zero-order chi connectivity index (χ0) is 13.0. The van der Waals surface area contributed by atoms with E-state index in [2.05, 4.69) is 30.8 Å². The highest BCUT2D eigenvalue weighted by atomic mass is 35.5. The van der Waals surface area contributed by atoms with Crippen LogP contribution in [0, 0.1) is 0 Å². The molecule has 4 nitrogen and oxygen atoms in total. The molecule has 0 aliphatic rings. The Kier molecular flexibility index (Phi) is 4.63. The van der Waals surface area contributed by atoms with Gasteiger partial charge in [-0.25, -0.2) is 0 Å². The van der Waals surface area contributed by atoms with E-state index < -0.39 is 0 Å². The van der Waals surface area contributed by atoms with Gasteiger partial charge in [-0.1, -0.05) is 16.8 Å². The van der Waals surface area contributed by atoms with Gasteiger partial charge in [0.25, 0.3) is 0 Å². The summed E-state index contributed by atoms with van der Waals surface area (Å²) in [6, 6.07) is 5.75. The van der Waals surface area contributed by atoms with Crippen LogP contribution < -0.4 is 10.6 Å². The minimum Gasteiger partial charge on any atom is -0.409 e. The van der Waals surface area contributed by atoms with E-state index in [1.54, 1.807) is 12.1 Å². The van der Waals surface area contributed by atoms with Gasteiger partial charge in [-0.05, 0) is 39.0 Å². The number of benzene rings is 1. The average molecular weight is 256 g/mol. The molecule has 1 aromatic carbocycles. The summed E-state index contributed by atoms with van der Waals surface area (Å²) in [6.07, 6.45) is 0. The fraction of sp³-hybridized carbons (Fsp3) is 0.417. The molecule has 1 rings (SSSR count). The van der Waals surface area contributed by atoms with Gasteiger partial charge in [0.2, 0.25) is 0 Å². The van der Waals surface area contributed by atoms with Crippen LogP contribution in [0.2, 0.25) is 5.02 Å².